The van der Waals surface area contributed by atoms with E-state index in [1.807, 2.05) is 24.3 Å². The van der Waals surface area contributed by atoms with Crippen LogP contribution in [0.1, 0.15) is 18.4 Å². The van der Waals surface area contributed by atoms with Gasteiger partial charge in [0, 0.05) is 17.1 Å². The first-order valence-electron chi connectivity index (χ1n) is 6.07. The number of hydrogen-bond donors (Lipinski definition) is 2. The van der Waals surface area contributed by atoms with E-state index in [0.29, 0.717) is 6.54 Å². The molecule has 1 aromatic carbocycles. The van der Waals surface area contributed by atoms with E-state index < -0.39 is 5.97 Å². The Morgan fingerprint density at radius 1 is 1.37 bits per heavy atom. The van der Waals surface area contributed by atoms with Crippen LogP contribution in [0.25, 0.3) is 0 Å². The number of amides is 2. The van der Waals surface area contributed by atoms with Crippen LogP contribution in [0.15, 0.2) is 28.7 Å². The molecule has 0 bridgehead atoms. The highest BCUT2D eigenvalue weighted by Gasteiger charge is 2.33. The SMILES string of the molecule is O=C(O)CN(C(=O)NCc1ccccc1Br)C1CC1. The number of hydrogen-bond acceptors (Lipinski definition) is 2. The molecular formula is C13H15BrN2O3. The predicted molar refractivity (Wildman–Crippen MR) is 73.7 cm³/mol. The van der Waals surface area contributed by atoms with Crippen LogP contribution in [0.3, 0.4) is 0 Å². The van der Waals surface area contributed by atoms with Crippen LogP contribution in [-0.2, 0) is 11.3 Å². The molecule has 2 rings (SSSR count). The number of nitrogens with zero attached hydrogens (tertiary/aromatic N) is 1. The van der Waals surface area contributed by atoms with Crippen LogP contribution in [-0.4, -0.2) is 34.6 Å². The van der Waals surface area contributed by atoms with Crippen molar-refractivity contribution in [3.8, 4) is 0 Å². The van der Waals surface area contributed by atoms with Crippen LogP contribution in [0, 0.1) is 0 Å². The lowest BCUT2D eigenvalue weighted by atomic mass is 10.2. The molecule has 0 unspecified atom stereocenters. The van der Waals surface area contributed by atoms with Gasteiger partial charge in [0.15, 0.2) is 0 Å². The minimum absolute atomic E-state index is 0.0790. The number of carbonyl (C=O) groups is 2. The molecule has 102 valence electrons. The van der Waals surface area contributed by atoms with Gasteiger partial charge in [-0.15, -0.1) is 0 Å². The minimum Gasteiger partial charge on any atom is -0.480 e. The van der Waals surface area contributed by atoms with E-state index in [1.54, 1.807) is 0 Å². The number of nitrogens with one attached hydrogen (secondary N) is 1. The first kappa shape index (κ1) is 13.9. The van der Waals surface area contributed by atoms with Gasteiger partial charge in [0.1, 0.15) is 6.54 Å². The van der Waals surface area contributed by atoms with Crippen molar-refractivity contribution in [2.75, 3.05) is 6.54 Å². The van der Waals surface area contributed by atoms with Gasteiger partial charge in [-0.05, 0) is 24.5 Å². The van der Waals surface area contributed by atoms with Crippen molar-refractivity contribution in [3.63, 3.8) is 0 Å². The molecule has 0 heterocycles. The van der Waals surface area contributed by atoms with E-state index in [1.165, 1.54) is 4.90 Å². The van der Waals surface area contributed by atoms with Crippen molar-refractivity contribution >= 4 is 27.9 Å². The van der Waals surface area contributed by atoms with Crippen LogP contribution in [0.2, 0.25) is 0 Å². The van der Waals surface area contributed by atoms with Crippen molar-refractivity contribution in [1.29, 1.82) is 0 Å². The third kappa shape index (κ3) is 3.96. The van der Waals surface area contributed by atoms with Crippen LogP contribution in [0.5, 0.6) is 0 Å². The summed E-state index contributed by atoms with van der Waals surface area (Å²) in [6, 6.07) is 7.36. The molecule has 1 aromatic rings. The standard InChI is InChI=1S/C13H15BrN2O3/c14-11-4-2-1-3-9(11)7-15-13(19)16(8-12(17)18)10-5-6-10/h1-4,10H,5-8H2,(H,15,19)(H,17,18). The molecule has 0 aromatic heterocycles. The Balaban J connectivity index is 1.92. The summed E-state index contributed by atoms with van der Waals surface area (Å²) < 4.78 is 0.923. The summed E-state index contributed by atoms with van der Waals surface area (Å²) in [5.74, 6) is -0.983. The molecule has 0 spiro atoms. The molecule has 0 radical (unpaired) electrons. The number of carbonyl (C=O) groups excluding carboxylic acids is 1. The van der Waals surface area contributed by atoms with E-state index in [9.17, 15) is 9.59 Å². The number of carboxylic acid groups (broad SMARTS) is 1. The Morgan fingerprint density at radius 2 is 2.05 bits per heavy atom. The maximum absolute atomic E-state index is 12.0. The Morgan fingerprint density at radius 3 is 2.63 bits per heavy atom. The van der Waals surface area contributed by atoms with E-state index in [2.05, 4.69) is 21.2 Å². The topological polar surface area (TPSA) is 69.6 Å². The summed E-state index contributed by atoms with van der Waals surface area (Å²) in [4.78, 5) is 24.1. The Bertz CT molecular complexity index is 489. The Kier molecular flexibility index (Phi) is 4.42. The first-order chi connectivity index (χ1) is 9.08. The first-order valence-corrected chi connectivity index (χ1v) is 6.87. The number of aliphatic carboxylic acids is 1. The van der Waals surface area contributed by atoms with E-state index in [-0.39, 0.29) is 18.6 Å². The lowest BCUT2D eigenvalue weighted by molar-refractivity contribution is -0.137. The Hall–Kier alpha value is -1.56. The quantitative estimate of drug-likeness (QED) is 0.871. The molecule has 2 amide bonds. The second kappa shape index (κ2) is 6.06. The summed E-state index contributed by atoms with van der Waals surface area (Å²) in [7, 11) is 0. The van der Waals surface area contributed by atoms with Gasteiger partial charge in [0.25, 0.3) is 0 Å². The molecule has 1 aliphatic carbocycles. The monoisotopic (exact) mass is 326 g/mol. The lowest BCUT2D eigenvalue weighted by Gasteiger charge is -2.20. The minimum atomic E-state index is -0.983. The molecule has 1 fully saturated rings. The molecule has 1 aliphatic rings. The van der Waals surface area contributed by atoms with Crippen molar-refractivity contribution in [3.05, 3.63) is 34.3 Å². The predicted octanol–water partition coefficient (Wildman–Crippen LogP) is 2.21. The van der Waals surface area contributed by atoms with E-state index in [4.69, 9.17) is 5.11 Å². The molecule has 5 nitrogen and oxygen atoms in total. The van der Waals surface area contributed by atoms with Crippen molar-refractivity contribution in [2.24, 2.45) is 0 Å². The fourth-order valence-electron chi connectivity index (χ4n) is 1.81. The Labute approximate surface area is 119 Å². The van der Waals surface area contributed by atoms with E-state index >= 15 is 0 Å². The summed E-state index contributed by atoms with van der Waals surface area (Å²) in [6.07, 6.45) is 1.77. The highest BCUT2D eigenvalue weighted by Crippen LogP contribution is 2.26. The highest BCUT2D eigenvalue weighted by atomic mass is 79.9. The highest BCUT2D eigenvalue weighted by molar-refractivity contribution is 9.10. The molecule has 0 aliphatic heterocycles. The summed E-state index contributed by atoms with van der Waals surface area (Å²) in [5.41, 5.74) is 0.960. The molecule has 6 heteroatoms. The number of rotatable bonds is 5. The van der Waals surface area contributed by atoms with Gasteiger partial charge in [-0.3, -0.25) is 4.79 Å². The van der Waals surface area contributed by atoms with Gasteiger partial charge in [-0.1, -0.05) is 34.1 Å². The number of halogens is 1. The largest absolute Gasteiger partial charge is 0.480 e. The van der Waals surface area contributed by atoms with Gasteiger partial charge in [0.2, 0.25) is 0 Å². The zero-order valence-corrected chi connectivity index (χ0v) is 11.9. The maximum Gasteiger partial charge on any atom is 0.323 e. The fourth-order valence-corrected chi connectivity index (χ4v) is 2.24. The average molecular weight is 327 g/mol. The summed E-state index contributed by atoms with van der Waals surface area (Å²) in [5, 5.41) is 11.6. The molecule has 0 saturated heterocycles. The van der Waals surface area contributed by atoms with Crippen LogP contribution < -0.4 is 5.32 Å². The van der Waals surface area contributed by atoms with Crippen LogP contribution in [0.4, 0.5) is 4.79 Å². The third-order valence-corrected chi connectivity index (χ3v) is 3.72. The number of benzene rings is 1. The maximum atomic E-state index is 12.0. The van der Waals surface area contributed by atoms with Gasteiger partial charge in [-0.2, -0.15) is 0 Å². The number of urea groups is 1. The molecular weight excluding hydrogens is 312 g/mol. The van der Waals surface area contributed by atoms with Gasteiger partial charge in [0.05, 0.1) is 0 Å². The zero-order valence-electron chi connectivity index (χ0n) is 10.3. The average Bonchev–Trinajstić information content (AvgIpc) is 3.18. The normalized spacial score (nSPS) is 13.9. The van der Waals surface area contributed by atoms with Gasteiger partial charge in [-0.25, -0.2) is 4.79 Å². The van der Waals surface area contributed by atoms with Gasteiger partial charge < -0.3 is 15.3 Å². The fraction of sp³-hybridized carbons (Fsp3) is 0.385. The lowest BCUT2D eigenvalue weighted by Crippen LogP contribution is -2.43. The second-order valence-electron chi connectivity index (χ2n) is 4.50. The zero-order chi connectivity index (χ0) is 13.8. The second-order valence-corrected chi connectivity index (χ2v) is 5.36. The smallest absolute Gasteiger partial charge is 0.323 e. The summed E-state index contributed by atoms with van der Waals surface area (Å²) >= 11 is 3.41. The van der Waals surface area contributed by atoms with Crippen molar-refractivity contribution in [1.82, 2.24) is 10.2 Å². The van der Waals surface area contributed by atoms with Crippen LogP contribution >= 0.6 is 15.9 Å². The van der Waals surface area contributed by atoms with Gasteiger partial charge >= 0.3 is 12.0 Å². The number of carboxylic acids is 1. The van der Waals surface area contributed by atoms with E-state index in [0.717, 1.165) is 22.9 Å². The molecule has 0 atom stereocenters. The van der Waals surface area contributed by atoms with Crippen molar-refractivity contribution < 1.29 is 14.7 Å². The molecule has 2 N–H and O–H groups in total. The summed E-state index contributed by atoms with van der Waals surface area (Å²) in [6.45, 7) is 0.134. The molecule has 1 saturated carbocycles. The molecule has 19 heavy (non-hydrogen) atoms. The van der Waals surface area contributed by atoms with Crippen molar-refractivity contribution in [2.45, 2.75) is 25.4 Å². The third-order valence-electron chi connectivity index (χ3n) is 2.94.